The van der Waals surface area contributed by atoms with Crippen LogP contribution in [0.25, 0.3) is 11.3 Å². The second kappa shape index (κ2) is 10.6. The molecule has 2 aliphatic rings. The number of piperidine rings is 1. The quantitative estimate of drug-likeness (QED) is 0.436. The number of ether oxygens (including phenoxy) is 2. The summed E-state index contributed by atoms with van der Waals surface area (Å²) in [4.78, 5) is 14.4. The number of benzene rings is 2. The molecule has 1 unspecified atom stereocenters. The molecule has 2 heterocycles. The maximum atomic E-state index is 12.6. The van der Waals surface area contributed by atoms with Crippen LogP contribution in [0.15, 0.2) is 85.0 Å². The van der Waals surface area contributed by atoms with Gasteiger partial charge in [0, 0.05) is 24.6 Å². The van der Waals surface area contributed by atoms with E-state index in [1.54, 1.807) is 7.11 Å². The minimum Gasteiger partial charge on any atom is -0.497 e. The van der Waals surface area contributed by atoms with Crippen molar-refractivity contribution in [2.75, 3.05) is 20.2 Å². The fourth-order valence-corrected chi connectivity index (χ4v) is 4.76. The molecule has 1 atom stereocenters. The van der Waals surface area contributed by atoms with Crippen molar-refractivity contribution in [1.82, 2.24) is 14.7 Å². The van der Waals surface area contributed by atoms with E-state index in [-0.39, 0.29) is 12.1 Å². The van der Waals surface area contributed by atoms with E-state index in [9.17, 15) is 4.79 Å². The molecular formula is C29H31N3O3. The summed E-state index contributed by atoms with van der Waals surface area (Å²) in [5.41, 5.74) is 4.32. The molecule has 1 saturated heterocycles. The van der Waals surface area contributed by atoms with Gasteiger partial charge < -0.3 is 14.4 Å². The Hall–Kier alpha value is -3.80. The van der Waals surface area contributed by atoms with E-state index in [0.717, 1.165) is 47.5 Å². The molecule has 6 nitrogen and oxygen atoms in total. The summed E-state index contributed by atoms with van der Waals surface area (Å²) in [7, 11) is 1.68. The molecule has 1 amide bonds. The first-order chi connectivity index (χ1) is 17.2. The van der Waals surface area contributed by atoms with Crippen molar-refractivity contribution in [1.29, 1.82) is 0 Å². The van der Waals surface area contributed by atoms with Crippen LogP contribution in [0.2, 0.25) is 0 Å². The van der Waals surface area contributed by atoms with Crippen molar-refractivity contribution in [3.05, 3.63) is 96.2 Å². The zero-order valence-corrected chi connectivity index (χ0v) is 20.0. The van der Waals surface area contributed by atoms with Crippen LogP contribution in [-0.2, 0) is 11.3 Å². The number of likely N-dealkylation sites (tertiary alicyclic amines) is 1. The highest BCUT2D eigenvalue weighted by Crippen LogP contribution is 2.34. The third-order valence-electron chi connectivity index (χ3n) is 6.79. The fraction of sp³-hybridized carbons (Fsp3) is 0.310. The van der Waals surface area contributed by atoms with Gasteiger partial charge in [0.2, 0.25) is 0 Å². The largest absolute Gasteiger partial charge is 0.497 e. The summed E-state index contributed by atoms with van der Waals surface area (Å²) in [5, 5.41) is 5.09. The highest BCUT2D eigenvalue weighted by atomic mass is 16.6. The van der Waals surface area contributed by atoms with Gasteiger partial charge in [0.15, 0.2) is 0 Å². The lowest BCUT2D eigenvalue weighted by Gasteiger charge is -2.30. The zero-order valence-electron chi connectivity index (χ0n) is 20.0. The first-order valence-electron chi connectivity index (χ1n) is 12.2. The average molecular weight is 470 g/mol. The fourth-order valence-electron chi connectivity index (χ4n) is 4.76. The first kappa shape index (κ1) is 23.0. The highest BCUT2D eigenvalue weighted by Gasteiger charge is 2.28. The van der Waals surface area contributed by atoms with E-state index in [1.807, 2.05) is 47.4 Å². The average Bonchev–Trinajstić information content (AvgIpc) is 3.38. The Labute approximate surface area is 206 Å². The maximum absolute atomic E-state index is 12.6. The number of aromatic nitrogens is 2. The second-order valence-corrected chi connectivity index (χ2v) is 9.05. The Morgan fingerprint density at radius 1 is 1.03 bits per heavy atom. The van der Waals surface area contributed by atoms with E-state index in [2.05, 4.69) is 47.2 Å². The number of carbonyl (C=O) groups is 1. The van der Waals surface area contributed by atoms with E-state index in [1.165, 1.54) is 0 Å². The molecule has 0 saturated carbocycles. The van der Waals surface area contributed by atoms with Gasteiger partial charge in [-0.2, -0.15) is 5.10 Å². The maximum Gasteiger partial charge on any atom is 0.410 e. The SMILES string of the molecule is COc1ccc(-c2cc(C3CCN(C(=O)OCc4ccccc4)CC3)nn2C2C=CC=CC2)cc1. The molecule has 1 fully saturated rings. The van der Waals surface area contributed by atoms with E-state index >= 15 is 0 Å². The molecule has 5 rings (SSSR count). The summed E-state index contributed by atoms with van der Waals surface area (Å²) in [6.45, 7) is 1.66. The Morgan fingerprint density at radius 3 is 2.49 bits per heavy atom. The molecule has 3 aromatic rings. The molecule has 2 aromatic carbocycles. The molecule has 35 heavy (non-hydrogen) atoms. The lowest BCUT2D eigenvalue weighted by atomic mass is 9.93. The molecular weight excluding hydrogens is 438 g/mol. The molecule has 1 aromatic heterocycles. The van der Waals surface area contributed by atoms with Crippen molar-refractivity contribution in [3.63, 3.8) is 0 Å². The van der Waals surface area contributed by atoms with Crippen LogP contribution in [0.1, 0.15) is 42.5 Å². The molecule has 0 spiro atoms. The number of nitrogens with zero attached hydrogens (tertiary/aromatic N) is 3. The van der Waals surface area contributed by atoms with E-state index in [4.69, 9.17) is 14.6 Å². The number of methoxy groups -OCH3 is 1. The Morgan fingerprint density at radius 2 is 1.80 bits per heavy atom. The van der Waals surface area contributed by atoms with Crippen molar-refractivity contribution >= 4 is 6.09 Å². The van der Waals surface area contributed by atoms with Gasteiger partial charge >= 0.3 is 6.09 Å². The number of carbonyl (C=O) groups excluding carboxylic acids is 1. The van der Waals surface area contributed by atoms with Crippen LogP contribution in [0.5, 0.6) is 5.75 Å². The van der Waals surface area contributed by atoms with E-state index in [0.29, 0.717) is 25.6 Å². The standard InChI is InChI=1S/C29H31N3O3/c1-34-26-14-12-24(13-15-26)28-20-27(30-32(28)25-10-6-3-7-11-25)23-16-18-31(19-17-23)29(33)35-21-22-8-4-2-5-9-22/h2-10,12-15,20,23,25H,11,16-19,21H2,1H3. The molecule has 0 bridgehead atoms. The summed E-state index contributed by atoms with van der Waals surface area (Å²) in [5.74, 6) is 1.15. The number of rotatable bonds is 6. The molecule has 180 valence electrons. The predicted octanol–water partition coefficient (Wildman–Crippen LogP) is 6.13. The molecule has 1 aliphatic heterocycles. The van der Waals surface area contributed by atoms with Crippen molar-refractivity contribution in [2.24, 2.45) is 0 Å². The summed E-state index contributed by atoms with van der Waals surface area (Å²) in [6.07, 6.45) is 11.0. The topological polar surface area (TPSA) is 56.6 Å². The van der Waals surface area contributed by atoms with E-state index < -0.39 is 0 Å². The lowest BCUT2D eigenvalue weighted by Crippen LogP contribution is -2.38. The van der Waals surface area contributed by atoms with Gasteiger partial charge in [0.05, 0.1) is 24.5 Å². The Bertz CT molecular complexity index is 1190. The van der Waals surface area contributed by atoms with Gasteiger partial charge in [-0.15, -0.1) is 0 Å². The van der Waals surface area contributed by atoms with Crippen molar-refractivity contribution < 1.29 is 14.3 Å². The van der Waals surface area contributed by atoms with Crippen LogP contribution in [-0.4, -0.2) is 41.0 Å². The minimum atomic E-state index is -0.240. The zero-order chi connectivity index (χ0) is 24.0. The molecule has 0 radical (unpaired) electrons. The van der Waals surface area contributed by atoms with Crippen molar-refractivity contribution in [3.8, 4) is 17.0 Å². The summed E-state index contributed by atoms with van der Waals surface area (Å²) in [6, 6.07) is 20.4. The summed E-state index contributed by atoms with van der Waals surface area (Å²) >= 11 is 0. The van der Waals surface area contributed by atoms with Crippen LogP contribution in [0, 0.1) is 0 Å². The minimum absolute atomic E-state index is 0.193. The monoisotopic (exact) mass is 469 g/mol. The highest BCUT2D eigenvalue weighted by molar-refractivity contribution is 5.68. The third kappa shape index (κ3) is 5.32. The number of allylic oxidation sites excluding steroid dienone is 4. The van der Waals surface area contributed by atoms with Crippen LogP contribution in [0.4, 0.5) is 4.79 Å². The Kier molecular flexibility index (Phi) is 6.98. The number of hydrogen-bond acceptors (Lipinski definition) is 4. The van der Waals surface area contributed by atoms with Gasteiger partial charge in [-0.05, 0) is 55.2 Å². The van der Waals surface area contributed by atoms with Gasteiger partial charge in [0.1, 0.15) is 12.4 Å². The smallest absolute Gasteiger partial charge is 0.410 e. The van der Waals surface area contributed by atoms with Gasteiger partial charge in [0.25, 0.3) is 0 Å². The Balaban J connectivity index is 1.28. The normalized spacial score (nSPS) is 18.0. The predicted molar refractivity (Wildman–Crippen MR) is 136 cm³/mol. The van der Waals surface area contributed by atoms with Gasteiger partial charge in [-0.3, -0.25) is 4.68 Å². The summed E-state index contributed by atoms with van der Waals surface area (Å²) < 4.78 is 13.0. The van der Waals surface area contributed by atoms with Crippen molar-refractivity contribution in [2.45, 2.75) is 37.8 Å². The van der Waals surface area contributed by atoms with Gasteiger partial charge in [-0.1, -0.05) is 54.6 Å². The molecule has 1 aliphatic carbocycles. The first-order valence-corrected chi connectivity index (χ1v) is 12.2. The third-order valence-corrected chi connectivity index (χ3v) is 6.79. The van der Waals surface area contributed by atoms with Crippen LogP contribution < -0.4 is 4.74 Å². The van der Waals surface area contributed by atoms with Crippen LogP contribution >= 0.6 is 0 Å². The molecule has 0 N–H and O–H groups in total. The number of amides is 1. The lowest BCUT2D eigenvalue weighted by molar-refractivity contribution is 0.0868. The molecule has 6 heteroatoms. The van der Waals surface area contributed by atoms with Gasteiger partial charge in [-0.25, -0.2) is 4.79 Å². The van der Waals surface area contributed by atoms with Crippen LogP contribution in [0.3, 0.4) is 0 Å². The second-order valence-electron chi connectivity index (χ2n) is 9.05. The number of hydrogen-bond donors (Lipinski definition) is 0.